The summed E-state index contributed by atoms with van der Waals surface area (Å²) in [5.41, 5.74) is 2.86. The van der Waals surface area contributed by atoms with Crippen LogP contribution in [0.1, 0.15) is 45.6 Å². The molecule has 0 radical (unpaired) electrons. The molecule has 0 heterocycles. The van der Waals surface area contributed by atoms with Gasteiger partial charge in [0.25, 0.3) is 0 Å². The summed E-state index contributed by atoms with van der Waals surface area (Å²) in [5, 5.41) is 7.28. The number of carbonyl (C=O) groups is 1. The van der Waals surface area contributed by atoms with Crippen LogP contribution in [0.4, 0.5) is 11.4 Å². The molecular weight excluding hydrogens is 390 g/mol. The van der Waals surface area contributed by atoms with E-state index in [2.05, 4.69) is 43.5 Å². The lowest BCUT2D eigenvalue weighted by molar-refractivity contribution is -0.119. The van der Waals surface area contributed by atoms with Crippen molar-refractivity contribution in [1.82, 2.24) is 4.90 Å². The fourth-order valence-corrected chi connectivity index (χ4v) is 3.37. The van der Waals surface area contributed by atoms with E-state index in [4.69, 9.17) is 23.8 Å². The molecule has 2 N–H and O–H groups in total. The molecular formula is C22H28ClN3OS. The zero-order chi connectivity index (χ0) is 20.7. The summed E-state index contributed by atoms with van der Waals surface area (Å²) >= 11 is 11.6. The Bertz CT molecular complexity index is 808. The zero-order valence-electron chi connectivity index (χ0n) is 16.8. The second-order valence-corrected chi connectivity index (χ2v) is 7.90. The smallest absolute Gasteiger partial charge is 0.246 e. The largest absolute Gasteiger partial charge is 0.337 e. The van der Waals surface area contributed by atoms with Gasteiger partial charge in [0, 0.05) is 22.9 Å². The first-order chi connectivity index (χ1) is 13.3. The van der Waals surface area contributed by atoms with Crippen LogP contribution in [0.5, 0.6) is 0 Å². The molecule has 0 bridgehead atoms. The highest BCUT2D eigenvalue weighted by Crippen LogP contribution is 2.19. The lowest BCUT2D eigenvalue weighted by Crippen LogP contribution is -2.47. The van der Waals surface area contributed by atoms with Crippen molar-refractivity contribution >= 4 is 46.2 Å². The summed E-state index contributed by atoms with van der Waals surface area (Å²) in [6.45, 7) is 8.92. The van der Waals surface area contributed by atoms with Crippen molar-refractivity contribution in [3.63, 3.8) is 0 Å². The van der Waals surface area contributed by atoms with Crippen molar-refractivity contribution < 1.29 is 4.79 Å². The minimum Gasteiger partial charge on any atom is -0.337 e. The van der Waals surface area contributed by atoms with Crippen LogP contribution in [0.2, 0.25) is 5.02 Å². The maximum absolute atomic E-state index is 12.7. The quantitative estimate of drug-likeness (QED) is 0.550. The molecule has 0 aromatic heterocycles. The van der Waals surface area contributed by atoms with Crippen molar-refractivity contribution in [3.8, 4) is 0 Å². The highest BCUT2D eigenvalue weighted by atomic mass is 35.5. The first kappa shape index (κ1) is 22.2. The van der Waals surface area contributed by atoms with Crippen LogP contribution in [0, 0.1) is 0 Å². The average Bonchev–Trinajstić information content (AvgIpc) is 2.65. The van der Waals surface area contributed by atoms with Crippen molar-refractivity contribution in [2.45, 2.75) is 46.1 Å². The molecule has 150 valence electrons. The number of nitrogens with one attached hydrogen (secondary N) is 2. The number of halogens is 1. The van der Waals surface area contributed by atoms with E-state index in [1.54, 1.807) is 18.2 Å². The summed E-state index contributed by atoms with van der Waals surface area (Å²) < 4.78 is 0. The Morgan fingerprint density at radius 1 is 1.07 bits per heavy atom. The van der Waals surface area contributed by atoms with Gasteiger partial charge in [-0.25, -0.2) is 0 Å². The van der Waals surface area contributed by atoms with E-state index in [-0.39, 0.29) is 5.91 Å². The molecule has 1 amide bonds. The number of benzene rings is 2. The van der Waals surface area contributed by atoms with Crippen LogP contribution < -0.4 is 10.6 Å². The van der Waals surface area contributed by atoms with Gasteiger partial charge in [0.1, 0.15) is 6.04 Å². The molecule has 28 heavy (non-hydrogen) atoms. The van der Waals surface area contributed by atoms with Gasteiger partial charge in [0.15, 0.2) is 5.11 Å². The minimum absolute atomic E-state index is 0.130. The number of rotatable bonds is 7. The Labute approximate surface area is 178 Å². The van der Waals surface area contributed by atoms with Crippen molar-refractivity contribution in [2.24, 2.45) is 0 Å². The van der Waals surface area contributed by atoms with Crippen LogP contribution in [-0.2, 0) is 4.79 Å². The monoisotopic (exact) mass is 417 g/mol. The fourth-order valence-electron chi connectivity index (χ4n) is 2.81. The van der Waals surface area contributed by atoms with Crippen LogP contribution in [0.3, 0.4) is 0 Å². The average molecular weight is 418 g/mol. The molecule has 0 aliphatic rings. The Kier molecular flexibility index (Phi) is 8.27. The fraction of sp³-hybridized carbons (Fsp3) is 0.364. The van der Waals surface area contributed by atoms with E-state index in [0.29, 0.717) is 28.3 Å². The molecule has 1 atom stereocenters. The van der Waals surface area contributed by atoms with Gasteiger partial charge in [-0.15, -0.1) is 0 Å². The molecule has 4 nitrogen and oxygen atoms in total. The van der Waals surface area contributed by atoms with Gasteiger partial charge in [0.2, 0.25) is 5.91 Å². The van der Waals surface area contributed by atoms with E-state index >= 15 is 0 Å². The number of anilines is 2. The Morgan fingerprint density at radius 3 is 2.32 bits per heavy atom. The Balaban J connectivity index is 2.07. The van der Waals surface area contributed by atoms with Gasteiger partial charge in [-0.2, -0.15) is 0 Å². The zero-order valence-corrected chi connectivity index (χ0v) is 18.4. The second-order valence-electron chi connectivity index (χ2n) is 7.08. The SMILES string of the molecule is CCCN(C(=S)Nc1ccc(C(C)C)cc1)[C@@H](C)C(=O)Nc1cccc(Cl)c1. The highest BCUT2D eigenvalue weighted by molar-refractivity contribution is 7.80. The first-order valence-electron chi connectivity index (χ1n) is 9.55. The number of hydrogen-bond acceptors (Lipinski definition) is 2. The number of nitrogens with zero attached hydrogens (tertiary/aromatic N) is 1. The van der Waals surface area contributed by atoms with Crippen molar-refractivity contribution in [3.05, 3.63) is 59.1 Å². The normalized spacial score (nSPS) is 11.8. The van der Waals surface area contributed by atoms with Crippen LogP contribution in [-0.4, -0.2) is 28.5 Å². The third kappa shape index (κ3) is 6.21. The van der Waals surface area contributed by atoms with Gasteiger partial charge in [-0.1, -0.05) is 50.6 Å². The maximum atomic E-state index is 12.7. The second kappa shape index (κ2) is 10.4. The molecule has 0 aliphatic heterocycles. The predicted molar refractivity (Wildman–Crippen MR) is 123 cm³/mol. The third-order valence-electron chi connectivity index (χ3n) is 4.49. The highest BCUT2D eigenvalue weighted by Gasteiger charge is 2.23. The van der Waals surface area contributed by atoms with Gasteiger partial charge < -0.3 is 15.5 Å². The van der Waals surface area contributed by atoms with Crippen LogP contribution in [0.15, 0.2) is 48.5 Å². The van der Waals surface area contributed by atoms with Crippen LogP contribution >= 0.6 is 23.8 Å². The number of amides is 1. The van der Waals surface area contributed by atoms with Crippen molar-refractivity contribution in [1.29, 1.82) is 0 Å². The number of thiocarbonyl (C=S) groups is 1. The van der Waals surface area contributed by atoms with Gasteiger partial charge in [-0.05, 0) is 67.4 Å². The van der Waals surface area contributed by atoms with E-state index in [0.717, 1.165) is 12.1 Å². The van der Waals surface area contributed by atoms with E-state index in [9.17, 15) is 4.79 Å². The molecule has 0 unspecified atom stereocenters. The Hall–Kier alpha value is -2.11. The number of hydrogen-bond donors (Lipinski definition) is 2. The maximum Gasteiger partial charge on any atom is 0.246 e. The number of carbonyl (C=O) groups excluding carboxylic acids is 1. The molecule has 0 aliphatic carbocycles. The molecule has 0 spiro atoms. The molecule has 0 saturated heterocycles. The molecule has 2 aromatic rings. The summed E-state index contributed by atoms with van der Waals surface area (Å²) in [6.07, 6.45) is 0.878. The topological polar surface area (TPSA) is 44.4 Å². The molecule has 6 heteroatoms. The molecule has 2 rings (SSSR count). The molecule has 0 fully saturated rings. The lowest BCUT2D eigenvalue weighted by atomic mass is 10.0. The van der Waals surface area contributed by atoms with Gasteiger partial charge in [0.05, 0.1) is 0 Å². The summed E-state index contributed by atoms with van der Waals surface area (Å²) in [4.78, 5) is 14.6. The Morgan fingerprint density at radius 2 is 1.75 bits per heavy atom. The van der Waals surface area contributed by atoms with Gasteiger partial charge >= 0.3 is 0 Å². The first-order valence-corrected chi connectivity index (χ1v) is 10.3. The molecule has 2 aromatic carbocycles. The standard InChI is InChI=1S/C22H28ClN3OS/c1-5-13-26(16(4)21(27)24-20-8-6-7-18(23)14-20)22(28)25-19-11-9-17(10-12-19)15(2)3/h6-12,14-16H,5,13H2,1-4H3,(H,24,27)(H,25,28)/t16-/m0/s1. The summed E-state index contributed by atoms with van der Waals surface area (Å²) in [6, 6.07) is 14.9. The lowest BCUT2D eigenvalue weighted by Gasteiger charge is -2.30. The van der Waals surface area contributed by atoms with E-state index < -0.39 is 6.04 Å². The van der Waals surface area contributed by atoms with Crippen molar-refractivity contribution in [2.75, 3.05) is 17.2 Å². The summed E-state index contributed by atoms with van der Waals surface area (Å²) in [5.74, 6) is 0.350. The molecule has 0 saturated carbocycles. The van der Waals surface area contributed by atoms with E-state index in [1.807, 2.05) is 30.0 Å². The van der Waals surface area contributed by atoms with Gasteiger partial charge in [-0.3, -0.25) is 4.79 Å². The van der Waals surface area contributed by atoms with Crippen LogP contribution in [0.25, 0.3) is 0 Å². The summed E-state index contributed by atoms with van der Waals surface area (Å²) in [7, 11) is 0. The van der Waals surface area contributed by atoms with E-state index in [1.165, 1.54) is 5.56 Å². The minimum atomic E-state index is -0.422. The predicted octanol–water partition coefficient (Wildman–Crippen LogP) is 5.90. The third-order valence-corrected chi connectivity index (χ3v) is 5.06.